The Morgan fingerprint density at radius 1 is 1.00 bits per heavy atom. The highest BCUT2D eigenvalue weighted by Crippen LogP contribution is 2.30. The molecule has 1 amide bonds. The molecule has 0 heterocycles. The smallest absolute Gasteiger partial charge is 0.251 e. The van der Waals surface area contributed by atoms with E-state index < -0.39 is 0 Å². The second-order valence-electron chi connectivity index (χ2n) is 6.74. The molecule has 3 aromatic carbocycles. The van der Waals surface area contributed by atoms with Crippen LogP contribution in [0.15, 0.2) is 71.6 Å². The number of hydrogen-bond donors (Lipinski definition) is 1. The van der Waals surface area contributed by atoms with Crippen molar-refractivity contribution in [3.05, 3.63) is 93.5 Å². The molecule has 0 saturated carbocycles. The standard InChI is InChI=1S/C24H23Cl2NO2S/c1-3-29-23-13-6-18(14-19(23)15-30-22-11-9-21(26)10-12-22)24(28)27-16(2)17-4-7-20(25)8-5-17/h4-14,16H,3,15H2,1-2H3,(H,27,28)/t16-/m1/s1. The zero-order chi connectivity index (χ0) is 21.5. The maximum absolute atomic E-state index is 12.8. The molecular formula is C24H23Cl2NO2S. The number of ether oxygens (including phenoxy) is 1. The lowest BCUT2D eigenvalue weighted by molar-refractivity contribution is 0.0939. The van der Waals surface area contributed by atoms with E-state index in [2.05, 4.69) is 5.32 Å². The maximum Gasteiger partial charge on any atom is 0.251 e. The summed E-state index contributed by atoms with van der Waals surface area (Å²) in [6.07, 6.45) is 0. The van der Waals surface area contributed by atoms with Crippen LogP contribution in [0.1, 0.15) is 41.4 Å². The summed E-state index contributed by atoms with van der Waals surface area (Å²) in [5.74, 6) is 1.35. The Kier molecular flexibility index (Phi) is 8.08. The molecule has 3 nitrogen and oxygen atoms in total. The normalized spacial score (nSPS) is 11.7. The molecule has 0 radical (unpaired) electrons. The summed E-state index contributed by atoms with van der Waals surface area (Å²) in [4.78, 5) is 13.9. The van der Waals surface area contributed by atoms with Crippen LogP contribution in [0, 0.1) is 0 Å². The second-order valence-corrected chi connectivity index (χ2v) is 8.67. The number of nitrogens with one attached hydrogen (secondary N) is 1. The summed E-state index contributed by atoms with van der Waals surface area (Å²) in [5, 5.41) is 4.43. The maximum atomic E-state index is 12.8. The highest BCUT2D eigenvalue weighted by atomic mass is 35.5. The fourth-order valence-electron chi connectivity index (χ4n) is 2.94. The first-order valence-corrected chi connectivity index (χ1v) is 11.4. The van der Waals surface area contributed by atoms with Crippen molar-refractivity contribution in [2.45, 2.75) is 30.5 Å². The zero-order valence-electron chi connectivity index (χ0n) is 16.8. The van der Waals surface area contributed by atoms with Crippen LogP contribution in [0.4, 0.5) is 0 Å². The van der Waals surface area contributed by atoms with E-state index in [0.717, 1.165) is 21.8 Å². The van der Waals surface area contributed by atoms with E-state index in [1.807, 2.05) is 74.5 Å². The quantitative estimate of drug-likeness (QED) is 0.362. The molecule has 6 heteroatoms. The van der Waals surface area contributed by atoms with Crippen LogP contribution in [-0.2, 0) is 5.75 Å². The lowest BCUT2D eigenvalue weighted by Gasteiger charge is -2.16. The van der Waals surface area contributed by atoms with Crippen LogP contribution in [0.2, 0.25) is 10.0 Å². The number of hydrogen-bond acceptors (Lipinski definition) is 3. The van der Waals surface area contributed by atoms with Gasteiger partial charge in [0, 0.05) is 31.8 Å². The molecule has 0 saturated heterocycles. The number of amides is 1. The summed E-state index contributed by atoms with van der Waals surface area (Å²) in [5.41, 5.74) is 2.58. The highest BCUT2D eigenvalue weighted by Gasteiger charge is 2.14. The van der Waals surface area contributed by atoms with Crippen LogP contribution in [0.3, 0.4) is 0 Å². The van der Waals surface area contributed by atoms with Gasteiger partial charge in [0.25, 0.3) is 5.91 Å². The molecule has 1 N–H and O–H groups in total. The highest BCUT2D eigenvalue weighted by molar-refractivity contribution is 7.98. The van der Waals surface area contributed by atoms with E-state index in [1.165, 1.54) is 0 Å². The van der Waals surface area contributed by atoms with Gasteiger partial charge in [-0.25, -0.2) is 0 Å². The predicted octanol–water partition coefficient (Wildman–Crippen LogP) is 7.18. The Balaban J connectivity index is 1.73. The third-order valence-corrected chi connectivity index (χ3v) is 6.11. The van der Waals surface area contributed by atoms with Crippen LogP contribution >= 0.6 is 35.0 Å². The van der Waals surface area contributed by atoms with Crippen molar-refractivity contribution in [2.24, 2.45) is 0 Å². The number of thioether (sulfide) groups is 1. The van der Waals surface area contributed by atoms with Crippen LogP contribution in [0.25, 0.3) is 0 Å². The van der Waals surface area contributed by atoms with Gasteiger partial charge < -0.3 is 10.1 Å². The lowest BCUT2D eigenvalue weighted by Crippen LogP contribution is -2.26. The van der Waals surface area contributed by atoms with Crippen molar-refractivity contribution in [2.75, 3.05) is 6.61 Å². The topological polar surface area (TPSA) is 38.3 Å². The molecule has 0 bridgehead atoms. The van der Waals surface area contributed by atoms with Crippen molar-refractivity contribution < 1.29 is 9.53 Å². The van der Waals surface area contributed by atoms with Crippen molar-refractivity contribution >= 4 is 40.9 Å². The molecule has 3 aromatic rings. The number of carbonyl (C=O) groups is 1. The minimum Gasteiger partial charge on any atom is -0.494 e. The average Bonchev–Trinajstić information content (AvgIpc) is 2.74. The van der Waals surface area contributed by atoms with Gasteiger partial charge in [0.1, 0.15) is 5.75 Å². The van der Waals surface area contributed by atoms with Gasteiger partial charge in [0.2, 0.25) is 0 Å². The molecule has 0 aromatic heterocycles. The molecule has 0 fully saturated rings. The van der Waals surface area contributed by atoms with E-state index in [0.29, 0.717) is 28.0 Å². The molecule has 0 aliphatic carbocycles. The molecule has 0 spiro atoms. The van der Waals surface area contributed by atoms with Gasteiger partial charge in [-0.15, -0.1) is 11.8 Å². The summed E-state index contributed by atoms with van der Waals surface area (Å²) in [6, 6.07) is 20.6. The number of benzene rings is 3. The molecule has 3 rings (SSSR count). The molecule has 30 heavy (non-hydrogen) atoms. The summed E-state index contributed by atoms with van der Waals surface area (Å²) in [7, 11) is 0. The van der Waals surface area contributed by atoms with Crippen molar-refractivity contribution in [1.29, 1.82) is 0 Å². The Labute approximate surface area is 191 Å². The van der Waals surface area contributed by atoms with E-state index in [4.69, 9.17) is 27.9 Å². The minimum absolute atomic E-state index is 0.127. The predicted molar refractivity (Wildman–Crippen MR) is 126 cm³/mol. The number of rotatable bonds is 8. The Bertz CT molecular complexity index is 991. The molecular weight excluding hydrogens is 437 g/mol. The van der Waals surface area contributed by atoms with Gasteiger partial charge in [0.05, 0.1) is 12.6 Å². The lowest BCUT2D eigenvalue weighted by atomic mass is 10.1. The van der Waals surface area contributed by atoms with Gasteiger partial charge in [0.15, 0.2) is 0 Å². The van der Waals surface area contributed by atoms with Gasteiger partial charge in [-0.05, 0) is 74.0 Å². The minimum atomic E-state index is -0.131. The van der Waals surface area contributed by atoms with Gasteiger partial charge in [-0.1, -0.05) is 35.3 Å². The molecule has 0 unspecified atom stereocenters. The summed E-state index contributed by atoms with van der Waals surface area (Å²) >= 11 is 13.6. The fourth-order valence-corrected chi connectivity index (χ4v) is 4.06. The van der Waals surface area contributed by atoms with E-state index in [-0.39, 0.29) is 11.9 Å². The van der Waals surface area contributed by atoms with Crippen molar-refractivity contribution in [1.82, 2.24) is 5.32 Å². The third kappa shape index (κ3) is 6.18. The molecule has 0 aliphatic rings. The van der Waals surface area contributed by atoms with Crippen molar-refractivity contribution in [3.63, 3.8) is 0 Å². The SMILES string of the molecule is CCOc1ccc(C(=O)N[C@H](C)c2ccc(Cl)cc2)cc1CSc1ccc(Cl)cc1. The summed E-state index contributed by atoms with van der Waals surface area (Å²) in [6.45, 7) is 4.47. The molecule has 1 atom stereocenters. The number of carbonyl (C=O) groups excluding carboxylic acids is 1. The van der Waals surface area contributed by atoms with E-state index in [1.54, 1.807) is 17.8 Å². The van der Waals surface area contributed by atoms with Gasteiger partial charge in [-0.2, -0.15) is 0 Å². The monoisotopic (exact) mass is 459 g/mol. The first-order valence-electron chi connectivity index (χ1n) is 9.66. The second kappa shape index (κ2) is 10.8. The molecule has 156 valence electrons. The Morgan fingerprint density at radius 3 is 2.27 bits per heavy atom. The summed E-state index contributed by atoms with van der Waals surface area (Å²) < 4.78 is 5.76. The van der Waals surface area contributed by atoms with Crippen LogP contribution < -0.4 is 10.1 Å². The molecule has 0 aliphatic heterocycles. The average molecular weight is 460 g/mol. The third-order valence-electron chi connectivity index (χ3n) is 4.55. The largest absolute Gasteiger partial charge is 0.494 e. The van der Waals surface area contributed by atoms with Gasteiger partial charge in [-0.3, -0.25) is 4.79 Å². The van der Waals surface area contributed by atoms with Crippen LogP contribution in [0.5, 0.6) is 5.75 Å². The Hall–Kier alpha value is -2.14. The Morgan fingerprint density at radius 2 is 1.63 bits per heavy atom. The van der Waals surface area contributed by atoms with Crippen LogP contribution in [-0.4, -0.2) is 12.5 Å². The first-order chi connectivity index (χ1) is 14.5. The van der Waals surface area contributed by atoms with E-state index >= 15 is 0 Å². The fraction of sp³-hybridized carbons (Fsp3) is 0.208. The first kappa shape index (κ1) is 22.5. The van der Waals surface area contributed by atoms with Crippen molar-refractivity contribution in [3.8, 4) is 5.75 Å². The van der Waals surface area contributed by atoms with Gasteiger partial charge >= 0.3 is 0 Å². The zero-order valence-corrected chi connectivity index (χ0v) is 19.2. The number of halogens is 2. The van der Waals surface area contributed by atoms with E-state index in [9.17, 15) is 4.79 Å².